The number of hydrogen-bond acceptors (Lipinski definition) is 7. The molecule has 1 unspecified atom stereocenters. The number of rotatable bonds is 7. The van der Waals surface area contributed by atoms with Gasteiger partial charge in [-0.1, -0.05) is 12.1 Å². The lowest BCUT2D eigenvalue weighted by Crippen LogP contribution is -2.47. The number of aliphatic imine (C=N–C) groups is 1. The molecule has 0 aromatic heterocycles. The van der Waals surface area contributed by atoms with Crippen LogP contribution in [0.2, 0.25) is 0 Å². The van der Waals surface area contributed by atoms with Gasteiger partial charge in [-0.25, -0.2) is 13.4 Å². The highest BCUT2D eigenvalue weighted by atomic mass is 127. The number of halogens is 1. The van der Waals surface area contributed by atoms with E-state index in [-0.39, 0.29) is 47.2 Å². The second-order valence-electron chi connectivity index (χ2n) is 7.21. The number of sulfone groups is 1. The van der Waals surface area contributed by atoms with Crippen molar-refractivity contribution in [1.29, 1.82) is 0 Å². The average Bonchev–Trinajstić information content (AvgIpc) is 3.05. The summed E-state index contributed by atoms with van der Waals surface area (Å²) in [6.45, 7) is 5.11. The van der Waals surface area contributed by atoms with Crippen LogP contribution >= 0.6 is 24.0 Å². The molecular weight excluding hydrogens is 525 g/mol. The van der Waals surface area contributed by atoms with Crippen LogP contribution in [0.4, 0.5) is 5.69 Å². The Kier molecular flexibility index (Phi) is 9.71. The first-order chi connectivity index (χ1) is 13.9. The van der Waals surface area contributed by atoms with Crippen molar-refractivity contribution in [3.8, 4) is 0 Å². The Morgan fingerprint density at radius 3 is 2.57 bits per heavy atom. The zero-order valence-corrected chi connectivity index (χ0v) is 19.8. The second kappa shape index (κ2) is 11.8. The van der Waals surface area contributed by atoms with E-state index in [9.17, 15) is 18.5 Å². The molecule has 1 aromatic rings. The molecule has 30 heavy (non-hydrogen) atoms. The van der Waals surface area contributed by atoms with Crippen molar-refractivity contribution in [3.63, 3.8) is 0 Å². The molecule has 2 aliphatic rings. The van der Waals surface area contributed by atoms with Gasteiger partial charge in [-0.3, -0.25) is 15.0 Å². The first-order valence-electron chi connectivity index (χ1n) is 9.70. The first-order valence-corrected chi connectivity index (χ1v) is 11.5. The molecule has 0 saturated carbocycles. The van der Waals surface area contributed by atoms with Gasteiger partial charge >= 0.3 is 0 Å². The summed E-state index contributed by atoms with van der Waals surface area (Å²) >= 11 is 0. The minimum Gasteiger partial charge on any atom is -0.379 e. The van der Waals surface area contributed by atoms with Crippen molar-refractivity contribution in [2.45, 2.75) is 19.0 Å². The lowest BCUT2D eigenvalue weighted by molar-refractivity contribution is -0.384. The van der Waals surface area contributed by atoms with Gasteiger partial charge in [0.1, 0.15) is 0 Å². The Morgan fingerprint density at radius 1 is 1.27 bits per heavy atom. The molecule has 0 aliphatic carbocycles. The van der Waals surface area contributed by atoms with Crippen LogP contribution in [0, 0.1) is 10.1 Å². The summed E-state index contributed by atoms with van der Waals surface area (Å²) < 4.78 is 28.8. The van der Waals surface area contributed by atoms with Crippen LogP contribution in [-0.2, 0) is 21.1 Å². The molecule has 0 radical (unpaired) electrons. The van der Waals surface area contributed by atoms with Crippen molar-refractivity contribution in [3.05, 3.63) is 39.9 Å². The van der Waals surface area contributed by atoms with Crippen LogP contribution in [0.15, 0.2) is 29.3 Å². The molecule has 3 rings (SSSR count). The predicted octanol–water partition coefficient (Wildman–Crippen LogP) is 0.767. The molecule has 1 atom stereocenters. The monoisotopic (exact) mass is 553 g/mol. The molecule has 0 amide bonds. The third kappa shape index (κ3) is 7.96. The minimum absolute atomic E-state index is 0. The molecule has 2 saturated heterocycles. The Morgan fingerprint density at radius 2 is 1.97 bits per heavy atom. The standard InChI is InChI=1S/C18H27N5O5S.HI/c24-23(25)17-3-1-15(2-4-17)13-20-18(21-16-5-12-29(26,27)14-16)19-6-7-22-8-10-28-11-9-22;/h1-4,16H,5-14H2,(H2,19,20,21);1H. The molecule has 2 aliphatic heterocycles. The number of hydrogen-bond donors (Lipinski definition) is 2. The number of non-ortho nitro benzene ring substituents is 1. The quantitative estimate of drug-likeness (QED) is 0.167. The van der Waals surface area contributed by atoms with E-state index in [1.807, 2.05) is 0 Å². The molecule has 1 aromatic carbocycles. The van der Waals surface area contributed by atoms with E-state index in [1.54, 1.807) is 12.1 Å². The van der Waals surface area contributed by atoms with Gasteiger partial charge in [0.2, 0.25) is 0 Å². The highest BCUT2D eigenvalue weighted by Gasteiger charge is 2.28. The molecular formula is C18H28IN5O5S. The minimum atomic E-state index is -2.99. The third-order valence-electron chi connectivity index (χ3n) is 4.96. The molecule has 2 N–H and O–H groups in total. The Bertz CT molecular complexity index is 828. The van der Waals surface area contributed by atoms with Gasteiger partial charge in [0.15, 0.2) is 15.8 Å². The number of nitro groups is 1. The zero-order chi connectivity index (χ0) is 20.7. The molecule has 10 nitrogen and oxygen atoms in total. The highest BCUT2D eigenvalue weighted by Crippen LogP contribution is 2.13. The Balaban J connectivity index is 0.00000320. The maximum Gasteiger partial charge on any atom is 0.269 e. The summed E-state index contributed by atoms with van der Waals surface area (Å²) in [5, 5.41) is 17.3. The van der Waals surface area contributed by atoms with Gasteiger partial charge in [-0.15, -0.1) is 24.0 Å². The Hall–Kier alpha value is -1.51. The lowest BCUT2D eigenvalue weighted by atomic mass is 10.2. The lowest BCUT2D eigenvalue weighted by Gasteiger charge is -2.27. The summed E-state index contributed by atoms with van der Waals surface area (Å²) in [4.78, 5) is 17.2. The van der Waals surface area contributed by atoms with E-state index in [4.69, 9.17) is 4.74 Å². The number of nitrogens with zero attached hydrogens (tertiary/aromatic N) is 3. The molecule has 168 valence electrons. The van der Waals surface area contributed by atoms with Gasteiger partial charge in [-0.05, 0) is 12.0 Å². The molecule has 0 bridgehead atoms. The maximum absolute atomic E-state index is 11.7. The number of guanidine groups is 1. The van der Waals surface area contributed by atoms with E-state index < -0.39 is 14.8 Å². The zero-order valence-electron chi connectivity index (χ0n) is 16.7. The summed E-state index contributed by atoms with van der Waals surface area (Å²) in [6, 6.07) is 6.09. The average molecular weight is 553 g/mol. The fourth-order valence-electron chi connectivity index (χ4n) is 3.31. The third-order valence-corrected chi connectivity index (χ3v) is 6.73. The van der Waals surface area contributed by atoms with E-state index in [0.29, 0.717) is 25.5 Å². The Labute approximate surface area is 193 Å². The predicted molar refractivity (Wildman–Crippen MR) is 125 cm³/mol. The van der Waals surface area contributed by atoms with Crippen LogP contribution in [0.1, 0.15) is 12.0 Å². The van der Waals surface area contributed by atoms with Gasteiger partial charge in [-0.2, -0.15) is 0 Å². The topological polar surface area (TPSA) is 126 Å². The number of ether oxygens (including phenoxy) is 1. The molecule has 2 fully saturated rings. The van der Waals surface area contributed by atoms with Crippen LogP contribution in [0.3, 0.4) is 0 Å². The smallest absolute Gasteiger partial charge is 0.269 e. The van der Waals surface area contributed by atoms with Gasteiger partial charge < -0.3 is 15.4 Å². The summed E-state index contributed by atoms with van der Waals surface area (Å²) in [7, 11) is -2.99. The van der Waals surface area contributed by atoms with Crippen molar-refractivity contribution in [1.82, 2.24) is 15.5 Å². The summed E-state index contributed by atoms with van der Waals surface area (Å²) in [6.07, 6.45) is 0.560. The number of nitrogens with one attached hydrogen (secondary N) is 2. The van der Waals surface area contributed by atoms with Crippen LogP contribution in [0.25, 0.3) is 0 Å². The summed E-state index contributed by atoms with van der Waals surface area (Å²) in [5.74, 6) is 0.849. The van der Waals surface area contributed by atoms with Crippen molar-refractivity contribution >= 4 is 45.5 Å². The number of morpholine rings is 1. The maximum atomic E-state index is 11.7. The normalized spacial score (nSPS) is 21.6. The van der Waals surface area contributed by atoms with Gasteiger partial charge in [0.05, 0.1) is 36.2 Å². The van der Waals surface area contributed by atoms with E-state index in [2.05, 4.69) is 20.5 Å². The fourth-order valence-corrected chi connectivity index (χ4v) is 4.98. The summed E-state index contributed by atoms with van der Waals surface area (Å²) in [5.41, 5.74) is 0.875. The van der Waals surface area contributed by atoms with E-state index in [1.165, 1.54) is 12.1 Å². The molecule has 0 spiro atoms. The number of benzene rings is 1. The SMILES string of the molecule is I.O=[N+]([O-])c1ccc(CN=C(NCCN2CCOCC2)NC2CCS(=O)(=O)C2)cc1. The fraction of sp³-hybridized carbons (Fsp3) is 0.611. The largest absolute Gasteiger partial charge is 0.379 e. The van der Waals surface area contributed by atoms with Crippen molar-refractivity contribution in [2.75, 3.05) is 50.9 Å². The number of nitro benzene ring substituents is 1. The molecule has 12 heteroatoms. The second-order valence-corrected chi connectivity index (χ2v) is 9.44. The molecule has 2 heterocycles. The van der Waals surface area contributed by atoms with Crippen molar-refractivity contribution in [2.24, 2.45) is 4.99 Å². The van der Waals surface area contributed by atoms with Crippen LogP contribution in [-0.4, -0.2) is 81.1 Å². The van der Waals surface area contributed by atoms with Crippen LogP contribution < -0.4 is 10.6 Å². The van der Waals surface area contributed by atoms with Gasteiger partial charge in [0, 0.05) is 44.4 Å². The highest BCUT2D eigenvalue weighted by molar-refractivity contribution is 14.0. The van der Waals surface area contributed by atoms with E-state index in [0.717, 1.165) is 38.4 Å². The van der Waals surface area contributed by atoms with Gasteiger partial charge in [0.25, 0.3) is 5.69 Å². The first kappa shape index (κ1) is 24.8. The van der Waals surface area contributed by atoms with Crippen LogP contribution in [0.5, 0.6) is 0 Å². The van der Waals surface area contributed by atoms with Crippen molar-refractivity contribution < 1.29 is 18.1 Å². The van der Waals surface area contributed by atoms with E-state index >= 15 is 0 Å².